The lowest BCUT2D eigenvalue weighted by atomic mass is 9.73. The molecule has 0 aliphatic carbocycles. The van der Waals surface area contributed by atoms with Gasteiger partial charge < -0.3 is 10.1 Å². The average molecular weight is 410 g/mol. The maximum absolute atomic E-state index is 12.1. The van der Waals surface area contributed by atoms with Crippen LogP contribution in [0.15, 0.2) is 0 Å². The number of nitrogens with zero attached hydrogens (tertiary/aromatic N) is 2. The molecule has 0 radical (unpaired) electrons. The number of thioether (sulfide) groups is 1. The highest BCUT2D eigenvalue weighted by Gasteiger charge is 2.63. The van der Waals surface area contributed by atoms with Gasteiger partial charge in [-0.1, -0.05) is 6.42 Å². The van der Waals surface area contributed by atoms with Gasteiger partial charge in [0.2, 0.25) is 5.91 Å². The third kappa shape index (κ3) is 4.12. The van der Waals surface area contributed by atoms with Crippen LogP contribution in [0.3, 0.4) is 0 Å². The second-order valence-corrected chi connectivity index (χ2v) is 11.1. The zero-order valence-electron chi connectivity index (χ0n) is 18.0. The van der Waals surface area contributed by atoms with Gasteiger partial charge in [0, 0.05) is 55.7 Å². The van der Waals surface area contributed by atoms with E-state index in [0.29, 0.717) is 24.4 Å². The van der Waals surface area contributed by atoms with E-state index in [9.17, 15) is 4.79 Å². The van der Waals surface area contributed by atoms with Crippen LogP contribution in [0.2, 0.25) is 0 Å². The zero-order valence-corrected chi connectivity index (χ0v) is 18.9. The van der Waals surface area contributed by atoms with Crippen LogP contribution in [-0.4, -0.2) is 84.2 Å². The van der Waals surface area contributed by atoms with Crippen LogP contribution >= 0.6 is 11.8 Å². The van der Waals surface area contributed by atoms with Gasteiger partial charge >= 0.3 is 0 Å². The Labute approximate surface area is 175 Å². The second kappa shape index (κ2) is 8.44. The summed E-state index contributed by atoms with van der Waals surface area (Å²) in [4.78, 5) is 17.5. The molecule has 1 spiro atoms. The standard InChI is InChI=1S/C22H39N3O2S/c1-21(2,25-10-5-4-6-11-25)15-24-14-18-17(13-23-20(26)8-12-28-3)19-7-9-22(18,16-24)27-19/h17-19H,4-16H2,1-3H3,(H,23,26)/t17-,18+,19+,22+/m0/s1. The van der Waals surface area contributed by atoms with Crippen LogP contribution in [0.4, 0.5) is 0 Å². The summed E-state index contributed by atoms with van der Waals surface area (Å²) in [6.07, 6.45) is 9.51. The molecule has 0 aromatic carbocycles. The first-order valence-electron chi connectivity index (χ1n) is 11.3. The molecule has 4 aliphatic heterocycles. The van der Waals surface area contributed by atoms with Crippen molar-refractivity contribution < 1.29 is 9.53 Å². The van der Waals surface area contributed by atoms with E-state index < -0.39 is 0 Å². The van der Waals surface area contributed by atoms with Crippen molar-refractivity contribution >= 4 is 17.7 Å². The molecular weight excluding hydrogens is 370 g/mol. The number of likely N-dealkylation sites (tertiary alicyclic amines) is 2. The molecule has 28 heavy (non-hydrogen) atoms. The van der Waals surface area contributed by atoms with E-state index >= 15 is 0 Å². The summed E-state index contributed by atoms with van der Waals surface area (Å²) < 4.78 is 6.59. The predicted molar refractivity (Wildman–Crippen MR) is 116 cm³/mol. The summed E-state index contributed by atoms with van der Waals surface area (Å²) in [5, 5.41) is 3.21. The number of nitrogens with one attached hydrogen (secondary N) is 1. The van der Waals surface area contributed by atoms with Gasteiger partial charge in [-0.3, -0.25) is 14.6 Å². The minimum atomic E-state index is 0.0668. The van der Waals surface area contributed by atoms with Crippen LogP contribution in [0.5, 0.6) is 0 Å². The molecular formula is C22H39N3O2S. The summed E-state index contributed by atoms with van der Waals surface area (Å²) in [6.45, 7) is 11.5. The molecule has 160 valence electrons. The monoisotopic (exact) mass is 409 g/mol. The third-order valence-corrected chi connectivity index (χ3v) is 8.36. The van der Waals surface area contributed by atoms with Crippen LogP contribution in [0.25, 0.3) is 0 Å². The molecule has 0 saturated carbocycles. The predicted octanol–water partition coefficient (Wildman–Crippen LogP) is 2.60. The van der Waals surface area contributed by atoms with Crippen molar-refractivity contribution in [2.75, 3.05) is 51.3 Å². The van der Waals surface area contributed by atoms with Crippen molar-refractivity contribution in [3.05, 3.63) is 0 Å². The lowest BCUT2D eigenvalue weighted by Gasteiger charge is -2.43. The molecule has 1 N–H and O–H groups in total. The van der Waals surface area contributed by atoms with Crippen LogP contribution < -0.4 is 5.32 Å². The normalized spacial score (nSPS) is 36.0. The SMILES string of the molecule is CSCCC(=O)NC[C@H]1[C@H]2CN(CC(C)(C)N3CCCCC3)C[C@]23CC[C@H]1O3. The van der Waals surface area contributed by atoms with Crippen LogP contribution in [0, 0.1) is 11.8 Å². The molecule has 4 atom stereocenters. The van der Waals surface area contributed by atoms with E-state index in [1.165, 1.54) is 45.2 Å². The molecule has 0 aromatic rings. The molecule has 0 aromatic heterocycles. The maximum Gasteiger partial charge on any atom is 0.220 e. The highest BCUT2D eigenvalue weighted by atomic mass is 32.2. The first kappa shape index (κ1) is 21.0. The van der Waals surface area contributed by atoms with Gasteiger partial charge in [-0.05, 0) is 58.9 Å². The minimum absolute atomic E-state index is 0.0668. The van der Waals surface area contributed by atoms with Crippen molar-refractivity contribution in [1.82, 2.24) is 15.1 Å². The maximum atomic E-state index is 12.1. The van der Waals surface area contributed by atoms with E-state index in [1.54, 1.807) is 11.8 Å². The lowest BCUT2D eigenvalue weighted by Crippen LogP contribution is -2.53. The molecule has 0 unspecified atom stereocenters. The Hall–Kier alpha value is -0.300. The zero-order chi connectivity index (χ0) is 19.8. The fourth-order valence-corrected chi connectivity index (χ4v) is 6.73. The second-order valence-electron chi connectivity index (χ2n) is 10.1. The molecule has 1 amide bonds. The number of carbonyl (C=O) groups excluding carboxylic acids is 1. The molecule has 4 aliphatic rings. The Morgan fingerprint density at radius 2 is 2.07 bits per heavy atom. The third-order valence-electron chi connectivity index (χ3n) is 7.75. The van der Waals surface area contributed by atoms with Gasteiger partial charge in [0.1, 0.15) is 0 Å². The van der Waals surface area contributed by atoms with Crippen molar-refractivity contribution in [3.63, 3.8) is 0 Å². The number of fused-ring (bicyclic) bond motifs is 1. The molecule has 2 bridgehead atoms. The van der Waals surface area contributed by atoms with Gasteiger partial charge in [0.15, 0.2) is 0 Å². The van der Waals surface area contributed by atoms with Crippen molar-refractivity contribution in [2.24, 2.45) is 11.8 Å². The van der Waals surface area contributed by atoms with E-state index in [1.807, 2.05) is 0 Å². The minimum Gasteiger partial charge on any atom is -0.370 e. The molecule has 6 heteroatoms. The van der Waals surface area contributed by atoms with Gasteiger partial charge in [0.25, 0.3) is 0 Å². The number of carbonyl (C=O) groups is 1. The van der Waals surface area contributed by atoms with Gasteiger partial charge in [-0.2, -0.15) is 11.8 Å². The fourth-order valence-electron chi connectivity index (χ4n) is 6.34. The Morgan fingerprint density at radius 1 is 1.29 bits per heavy atom. The van der Waals surface area contributed by atoms with Crippen LogP contribution in [-0.2, 0) is 9.53 Å². The number of hydrogen-bond donors (Lipinski definition) is 1. The average Bonchev–Trinajstić information content (AvgIpc) is 3.33. The van der Waals surface area contributed by atoms with Crippen molar-refractivity contribution in [3.8, 4) is 0 Å². The topological polar surface area (TPSA) is 44.8 Å². The highest BCUT2D eigenvalue weighted by molar-refractivity contribution is 7.98. The van der Waals surface area contributed by atoms with E-state index in [0.717, 1.165) is 31.9 Å². The molecule has 4 rings (SSSR count). The summed E-state index contributed by atoms with van der Waals surface area (Å²) >= 11 is 1.74. The molecule has 4 heterocycles. The molecule has 4 fully saturated rings. The number of amides is 1. The van der Waals surface area contributed by atoms with E-state index in [-0.39, 0.29) is 17.0 Å². The van der Waals surface area contributed by atoms with Gasteiger partial charge in [0.05, 0.1) is 11.7 Å². The van der Waals surface area contributed by atoms with E-state index in [2.05, 4.69) is 35.2 Å². The number of hydrogen-bond acceptors (Lipinski definition) is 5. The molecule has 5 nitrogen and oxygen atoms in total. The highest BCUT2D eigenvalue weighted by Crippen LogP contribution is 2.54. The first-order chi connectivity index (χ1) is 13.4. The quantitative estimate of drug-likeness (QED) is 0.668. The van der Waals surface area contributed by atoms with Crippen LogP contribution in [0.1, 0.15) is 52.4 Å². The largest absolute Gasteiger partial charge is 0.370 e. The summed E-state index contributed by atoms with van der Waals surface area (Å²) in [6, 6.07) is 0. The van der Waals surface area contributed by atoms with E-state index in [4.69, 9.17) is 4.74 Å². The summed E-state index contributed by atoms with van der Waals surface area (Å²) in [7, 11) is 0. The smallest absolute Gasteiger partial charge is 0.220 e. The fraction of sp³-hybridized carbons (Fsp3) is 0.955. The van der Waals surface area contributed by atoms with Crippen molar-refractivity contribution in [1.29, 1.82) is 0 Å². The lowest BCUT2D eigenvalue weighted by molar-refractivity contribution is -0.121. The number of rotatable bonds is 8. The Kier molecular flexibility index (Phi) is 6.32. The number of piperidine rings is 1. The summed E-state index contributed by atoms with van der Waals surface area (Å²) in [5.74, 6) is 2.19. The molecule has 4 saturated heterocycles. The first-order valence-corrected chi connectivity index (χ1v) is 12.7. The Bertz CT molecular complexity index is 566. The number of ether oxygens (including phenoxy) is 1. The van der Waals surface area contributed by atoms with Gasteiger partial charge in [-0.15, -0.1) is 0 Å². The Balaban J connectivity index is 1.34. The van der Waals surface area contributed by atoms with Gasteiger partial charge in [-0.25, -0.2) is 0 Å². The Morgan fingerprint density at radius 3 is 2.82 bits per heavy atom. The summed E-state index contributed by atoms with van der Waals surface area (Å²) in [5.41, 5.74) is 0.298. The van der Waals surface area contributed by atoms with Crippen molar-refractivity contribution in [2.45, 2.75) is 69.6 Å².